The first-order valence-corrected chi connectivity index (χ1v) is 6.22. The molecular formula is C11H18N4O3. The van der Waals surface area contributed by atoms with Crippen LogP contribution < -0.4 is 10.1 Å². The van der Waals surface area contributed by atoms with Gasteiger partial charge in [-0.3, -0.25) is 10.1 Å². The van der Waals surface area contributed by atoms with Gasteiger partial charge in [-0.1, -0.05) is 0 Å². The van der Waals surface area contributed by atoms with Crippen LogP contribution in [0, 0.1) is 17.0 Å². The maximum Gasteiger partial charge on any atom is 0.353 e. The molecule has 0 aromatic carbocycles. The maximum absolute atomic E-state index is 11.1. The SMILES string of the molecule is CCn1nc(C)c([N+](=O)[O-])c1O[C@H]1CCCNC1. The van der Waals surface area contributed by atoms with Crippen LogP contribution >= 0.6 is 0 Å². The van der Waals surface area contributed by atoms with Crippen molar-refractivity contribution in [2.45, 2.75) is 39.3 Å². The van der Waals surface area contributed by atoms with E-state index in [1.807, 2.05) is 6.92 Å². The number of ether oxygens (including phenoxy) is 1. The Morgan fingerprint density at radius 2 is 2.44 bits per heavy atom. The molecule has 100 valence electrons. The molecule has 1 N–H and O–H groups in total. The van der Waals surface area contributed by atoms with Crippen LogP contribution in [0.15, 0.2) is 0 Å². The number of aromatic nitrogens is 2. The molecule has 0 radical (unpaired) electrons. The molecule has 7 heteroatoms. The van der Waals surface area contributed by atoms with E-state index in [0.717, 1.165) is 25.9 Å². The molecule has 0 aliphatic carbocycles. The van der Waals surface area contributed by atoms with E-state index in [-0.39, 0.29) is 17.7 Å². The average Bonchev–Trinajstić information content (AvgIpc) is 2.67. The molecule has 1 saturated heterocycles. The van der Waals surface area contributed by atoms with Crippen LogP contribution in [0.4, 0.5) is 5.69 Å². The quantitative estimate of drug-likeness (QED) is 0.646. The highest BCUT2D eigenvalue weighted by atomic mass is 16.6. The number of rotatable bonds is 4. The predicted molar refractivity (Wildman–Crippen MR) is 65.8 cm³/mol. The zero-order valence-corrected chi connectivity index (χ0v) is 10.7. The fraction of sp³-hybridized carbons (Fsp3) is 0.727. The second kappa shape index (κ2) is 5.34. The van der Waals surface area contributed by atoms with Gasteiger partial charge < -0.3 is 10.1 Å². The standard InChI is InChI=1S/C11H18N4O3/c1-3-14-11(10(15(16)17)8(2)13-14)18-9-5-4-6-12-7-9/h9,12H,3-7H2,1-2H3/t9-/m0/s1. The fourth-order valence-corrected chi connectivity index (χ4v) is 2.17. The van der Waals surface area contributed by atoms with Crippen molar-refractivity contribution in [3.8, 4) is 5.88 Å². The maximum atomic E-state index is 11.1. The summed E-state index contributed by atoms with van der Waals surface area (Å²) in [5, 5.41) is 18.4. The normalized spacial score (nSPS) is 19.8. The minimum absolute atomic E-state index is 0.0116. The summed E-state index contributed by atoms with van der Waals surface area (Å²) in [4.78, 5) is 10.7. The van der Waals surface area contributed by atoms with Crippen molar-refractivity contribution in [3.63, 3.8) is 0 Å². The summed E-state index contributed by atoms with van der Waals surface area (Å²) >= 11 is 0. The summed E-state index contributed by atoms with van der Waals surface area (Å²) in [6, 6.07) is 0. The summed E-state index contributed by atoms with van der Waals surface area (Å²) in [5.74, 6) is 0.286. The smallest absolute Gasteiger partial charge is 0.353 e. The third-order valence-corrected chi connectivity index (χ3v) is 3.06. The largest absolute Gasteiger partial charge is 0.468 e. The Bertz CT molecular complexity index is 438. The Labute approximate surface area is 105 Å². The third-order valence-electron chi connectivity index (χ3n) is 3.06. The molecular weight excluding hydrogens is 236 g/mol. The van der Waals surface area contributed by atoms with Crippen LogP contribution in [-0.4, -0.2) is 33.9 Å². The molecule has 1 atom stereocenters. The van der Waals surface area contributed by atoms with Crippen LogP contribution in [0.2, 0.25) is 0 Å². The average molecular weight is 254 g/mol. The predicted octanol–water partition coefficient (Wildman–Crippen LogP) is 1.25. The first-order chi connectivity index (χ1) is 8.63. The molecule has 0 unspecified atom stereocenters. The summed E-state index contributed by atoms with van der Waals surface area (Å²) in [7, 11) is 0. The van der Waals surface area contributed by atoms with Crippen molar-refractivity contribution >= 4 is 5.69 Å². The summed E-state index contributed by atoms with van der Waals surface area (Å²) in [5.41, 5.74) is 0.392. The van der Waals surface area contributed by atoms with Crippen LogP contribution in [0.25, 0.3) is 0 Å². The molecule has 1 aromatic rings. The van der Waals surface area contributed by atoms with Crippen LogP contribution in [0.5, 0.6) is 5.88 Å². The molecule has 2 rings (SSSR count). The lowest BCUT2D eigenvalue weighted by molar-refractivity contribution is -0.386. The minimum Gasteiger partial charge on any atom is -0.468 e. The van der Waals surface area contributed by atoms with Crippen molar-refractivity contribution in [2.24, 2.45) is 0 Å². The van der Waals surface area contributed by atoms with E-state index in [0.29, 0.717) is 12.2 Å². The molecule has 1 aliphatic rings. The van der Waals surface area contributed by atoms with Gasteiger partial charge in [0.25, 0.3) is 5.88 Å². The minimum atomic E-state index is -0.417. The van der Waals surface area contributed by atoms with Crippen molar-refractivity contribution < 1.29 is 9.66 Å². The van der Waals surface area contributed by atoms with Crippen LogP contribution in [-0.2, 0) is 6.54 Å². The molecule has 2 heterocycles. The van der Waals surface area contributed by atoms with Gasteiger partial charge in [0, 0.05) is 13.1 Å². The molecule has 1 fully saturated rings. The van der Waals surface area contributed by atoms with Crippen LogP contribution in [0.1, 0.15) is 25.5 Å². The van der Waals surface area contributed by atoms with E-state index in [1.165, 1.54) is 0 Å². The zero-order valence-electron chi connectivity index (χ0n) is 10.7. The number of nitrogens with one attached hydrogen (secondary N) is 1. The molecule has 7 nitrogen and oxygen atoms in total. The molecule has 1 aliphatic heterocycles. The van der Waals surface area contributed by atoms with Crippen molar-refractivity contribution in [2.75, 3.05) is 13.1 Å². The lowest BCUT2D eigenvalue weighted by Crippen LogP contribution is -2.37. The van der Waals surface area contributed by atoms with E-state index in [1.54, 1.807) is 11.6 Å². The first kappa shape index (κ1) is 12.8. The van der Waals surface area contributed by atoms with Crippen LogP contribution in [0.3, 0.4) is 0 Å². The third kappa shape index (κ3) is 2.45. The number of piperidine rings is 1. The number of hydrogen-bond acceptors (Lipinski definition) is 5. The van der Waals surface area contributed by atoms with Gasteiger partial charge in [-0.2, -0.15) is 5.10 Å². The molecule has 0 amide bonds. The molecule has 0 bridgehead atoms. The second-order valence-corrected chi connectivity index (χ2v) is 4.40. The fourth-order valence-electron chi connectivity index (χ4n) is 2.17. The van der Waals surface area contributed by atoms with Gasteiger partial charge in [0.1, 0.15) is 11.8 Å². The zero-order chi connectivity index (χ0) is 13.1. The van der Waals surface area contributed by atoms with Gasteiger partial charge in [-0.15, -0.1) is 0 Å². The van der Waals surface area contributed by atoms with Gasteiger partial charge in [0.15, 0.2) is 0 Å². The van der Waals surface area contributed by atoms with Gasteiger partial charge >= 0.3 is 5.69 Å². The van der Waals surface area contributed by atoms with Gasteiger partial charge in [0.2, 0.25) is 0 Å². The van der Waals surface area contributed by atoms with Gasteiger partial charge in [-0.05, 0) is 33.2 Å². The topological polar surface area (TPSA) is 82.2 Å². The molecule has 0 saturated carbocycles. The van der Waals surface area contributed by atoms with E-state index in [4.69, 9.17) is 4.74 Å². The highest BCUT2D eigenvalue weighted by Gasteiger charge is 2.29. The van der Waals surface area contributed by atoms with Gasteiger partial charge in [-0.25, -0.2) is 4.68 Å². The van der Waals surface area contributed by atoms with Gasteiger partial charge in [0.05, 0.1) is 4.92 Å². The molecule has 18 heavy (non-hydrogen) atoms. The van der Waals surface area contributed by atoms with Crippen molar-refractivity contribution in [1.29, 1.82) is 0 Å². The highest BCUT2D eigenvalue weighted by Crippen LogP contribution is 2.31. The van der Waals surface area contributed by atoms with E-state index >= 15 is 0 Å². The number of hydrogen-bond donors (Lipinski definition) is 1. The Kier molecular flexibility index (Phi) is 3.81. The summed E-state index contributed by atoms with van der Waals surface area (Å²) in [6.45, 7) is 5.79. The molecule has 1 aromatic heterocycles. The lowest BCUT2D eigenvalue weighted by Gasteiger charge is -2.23. The Balaban J connectivity index is 2.26. The second-order valence-electron chi connectivity index (χ2n) is 4.40. The Morgan fingerprint density at radius 1 is 1.67 bits per heavy atom. The number of nitro groups is 1. The van der Waals surface area contributed by atoms with E-state index in [2.05, 4.69) is 10.4 Å². The lowest BCUT2D eigenvalue weighted by atomic mass is 10.1. The van der Waals surface area contributed by atoms with Crippen molar-refractivity contribution in [1.82, 2.24) is 15.1 Å². The van der Waals surface area contributed by atoms with E-state index in [9.17, 15) is 10.1 Å². The Morgan fingerprint density at radius 3 is 3.00 bits per heavy atom. The summed E-state index contributed by atoms with van der Waals surface area (Å²) < 4.78 is 7.34. The van der Waals surface area contributed by atoms with Crippen molar-refractivity contribution in [3.05, 3.63) is 15.8 Å². The highest BCUT2D eigenvalue weighted by molar-refractivity contribution is 5.45. The molecule has 0 spiro atoms. The van der Waals surface area contributed by atoms with E-state index < -0.39 is 4.92 Å². The first-order valence-electron chi connectivity index (χ1n) is 6.22. The number of nitrogens with zero attached hydrogens (tertiary/aromatic N) is 3. The monoisotopic (exact) mass is 254 g/mol. The number of aryl methyl sites for hydroxylation is 2. The summed E-state index contributed by atoms with van der Waals surface area (Å²) in [6.07, 6.45) is 1.93. The Hall–Kier alpha value is -1.63.